The van der Waals surface area contributed by atoms with Gasteiger partial charge in [-0.1, -0.05) is 13.8 Å². The third kappa shape index (κ3) is 7.03. The van der Waals surface area contributed by atoms with Crippen LogP contribution in [0.1, 0.15) is 65.5 Å². The third-order valence-electron chi connectivity index (χ3n) is 5.24. The van der Waals surface area contributed by atoms with Crippen LogP contribution in [-0.2, 0) is 30.1 Å². The molecule has 0 saturated heterocycles. The Labute approximate surface area is 186 Å². The van der Waals surface area contributed by atoms with Crippen LogP contribution in [0.5, 0.6) is 0 Å². The molecule has 31 heavy (non-hydrogen) atoms. The molecule has 8 nitrogen and oxygen atoms in total. The lowest BCUT2D eigenvalue weighted by atomic mass is 9.98. The van der Waals surface area contributed by atoms with Crippen LogP contribution in [0.2, 0.25) is 0 Å². The quantitative estimate of drug-likeness (QED) is 0.355. The molecular weight excluding hydrogens is 400 g/mol. The summed E-state index contributed by atoms with van der Waals surface area (Å²) >= 11 is 0. The predicted molar refractivity (Wildman–Crippen MR) is 121 cm³/mol. The van der Waals surface area contributed by atoms with Crippen molar-refractivity contribution in [3.05, 3.63) is 23.3 Å². The molecular formula is C23H40N2O6. The maximum absolute atomic E-state index is 9.25. The van der Waals surface area contributed by atoms with E-state index in [-0.39, 0.29) is 32.0 Å². The number of nitrogens with zero attached hydrogens (tertiary/aromatic N) is 1. The second kappa shape index (κ2) is 12.0. The summed E-state index contributed by atoms with van der Waals surface area (Å²) in [6.45, 7) is 14.4. The van der Waals surface area contributed by atoms with Crippen LogP contribution in [-0.4, -0.2) is 56.3 Å². The van der Waals surface area contributed by atoms with Crippen LogP contribution in [0.25, 0.3) is 0 Å². The zero-order valence-electron chi connectivity index (χ0n) is 20.0. The van der Waals surface area contributed by atoms with E-state index in [0.717, 1.165) is 22.5 Å². The number of fused-ring (bicyclic) bond motifs is 1. The van der Waals surface area contributed by atoms with Crippen molar-refractivity contribution in [1.29, 1.82) is 0 Å². The highest BCUT2D eigenvalue weighted by Gasteiger charge is 2.35. The molecule has 2 rings (SSSR count). The number of hydrogen-bond donors (Lipinski definition) is 2. The van der Waals surface area contributed by atoms with Gasteiger partial charge in [0, 0.05) is 24.4 Å². The lowest BCUT2D eigenvalue weighted by Gasteiger charge is -2.35. The zero-order valence-corrected chi connectivity index (χ0v) is 20.0. The van der Waals surface area contributed by atoms with Gasteiger partial charge in [0.2, 0.25) is 0 Å². The maximum atomic E-state index is 9.25. The number of aliphatic hydroxyl groups is 1. The van der Waals surface area contributed by atoms with Gasteiger partial charge in [0.1, 0.15) is 12.5 Å². The first kappa shape index (κ1) is 25.8. The Hall–Kier alpha value is -1.42. The summed E-state index contributed by atoms with van der Waals surface area (Å²) < 4.78 is 28.9. The van der Waals surface area contributed by atoms with Crippen LogP contribution < -0.4 is 10.6 Å². The number of hydrogen-bond acceptors (Lipinski definition) is 8. The molecule has 0 aliphatic carbocycles. The van der Waals surface area contributed by atoms with Crippen LogP contribution in [0, 0.1) is 0 Å². The molecule has 1 aliphatic rings. The van der Waals surface area contributed by atoms with Gasteiger partial charge in [-0.3, -0.25) is 0 Å². The van der Waals surface area contributed by atoms with E-state index < -0.39 is 12.6 Å². The second-order valence-corrected chi connectivity index (χ2v) is 8.09. The Morgan fingerprint density at radius 3 is 2.29 bits per heavy atom. The summed E-state index contributed by atoms with van der Waals surface area (Å²) in [6.07, 6.45) is -1.26. The topological polar surface area (TPSA) is 95.6 Å². The van der Waals surface area contributed by atoms with Gasteiger partial charge in [0.05, 0.1) is 13.2 Å². The van der Waals surface area contributed by atoms with E-state index >= 15 is 0 Å². The number of aliphatic hydroxyl groups excluding tert-OH is 1. The van der Waals surface area contributed by atoms with Gasteiger partial charge in [0.15, 0.2) is 18.9 Å². The van der Waals surface area contributed by atoms with Crippen molar-refractivity contribution in [2.45, 2.75) is 92.1 Å². The third-order valence-corrected chi connectivity index (χ3v) is 5.24. The molecule has 0 aromatic heterocycles. The molecule has 0 radical (unpaired) electrons. The standard InChI is InChI=1S/C23H40N2O6/c1-8-27-16(5)30-18(7)31-17(6)29-15(4)25-22-13-20(14(2)3)21(24)11-19(22)12-23(25)28-10-9-26/h11,13-18,23,26H,8-10,12,24H2,1-7H3. The van der Waals surface area contributed by atoms with Gasteiger partial charge >= 0.3 is 0 Å². The lowest BCUT2D eigenvalue weighted by Crippen LogP contribution is -2.44. The summed E-state index contributed by atoms with van der Waals surface area (Å²) in [4.78, 5) is 2.09. The van der Waals surface area contributed by atoms with Crippen molar-refractivity contribution < 1.29 is 28.8 Å². The highest BCUT2D eigenvalue weighted by atomic mass is 16.8. The first-order chi connectivity index (χ1) is 14.7. The SMILES string of the molecule is CCOC(C)OC(C)OC(C)OC(C)N1c2cc(C(C)C)c(N)cc2CC1OCCO. The largest absolute Gasteiger partial charge is 0.398 e. The molecule has 1 aliphatic heterocycles. The first-order valence-corrected chi connectivity index (χ1v) is 11.2. The molecule has 3 N–H and O–H groups in total. The average Bonchev–Trinajstić information content (AvgIpc) is 3.02. The number of nitrogen functional groups attached to an aromatic ring is 1. The summed E-state index contributed by atoms with van der Waals surface area (Å²) in [7, 11) is 0. The van der Waals surface area contributed by atoms with Crippen molar-refractivity contribution in [2.24, 2.45) is 0 Å². The van der Waals surface area contributed by atoms with E-state index in [0.29, 0.717) is 18.9 Å². The van der Waals surface area contributed by atoms with Gasteiger partial charge in [-0.15, -0.1) is 0 Å². The zero-order chi connectivity index (χ0) is 23.1. The minimum absolute atomic E-state index is 0.0400. The number of benzene rings is 1. The molecule has 0 fully saturated rings. The minimum atomic E-state index is -0.514. The summed E-state index contributed by atoms with van der Waals surface area (Å²) in [5, 5.41) is 9.25. The van der Waals surface area contributed by atoms with E-state index in [2.05, 4.69) is 24.8 Å². The highest BCUT2D eigenvalue weighted by Crippen LogP contribution is 2.39. The molecule has 0 amide bonds. The smallest absolute Gasteiger partial charge is 0.161 e. The Bertz CT molecular complexity index is 686. The monoisotopic (exact) mass is 440 g/mol. The molecule has 0 bridgehead atoms. The second-order valence-electron chi connectivity index (χ2n) is 8.09. The summed E-state index contributed by atoms with van der Waals surface area (Å²) in [5.74, 6) is 0.299. The Morgan fingerprint density at radius 1 is 1.03 bits per heavy atom. The van der Waals surface area contributed by atoms with Crippen LogP contribution in [0.4, 0.5) is 11.4 Å². The molecule has 0 spiro atoms. The highest BCUT2D eigenvalue weighted by molar-refractivity contribution is 5.68. The molecule has 5 atom stereocenters. The number of anilines is 2. The van der Waals surface area contributed by atoms with Gasteiger partial charge < -0.3 is 39.4 Å². The van der Waals surface area contributed by atoms with Crippen molar-refractivity contribution in [3.8, 4) is 0 Å². The number of ether oxygens (including phenoxy) is 5. The van der Waals surface area contributed by atoms with Crippen molar-refractivity contribution in [1.82, 2.24) is 0 Å². The van der Waals surface area contributed by atoms with E-state index in [1.54, 1.807) is 0 Å². The Balaban J connectivity index is 2.12. The predicted octanol–water partition coefficient (Wildman–Crippen LogP) is 3.56. The molecule has 0 saturated carbocycles. The van der Waals surface area contributed by atoms with Crippen molar-refractivity contribution in [2.75, 3.05) is 30.5 Å². The van der Waals surface area contributed by atoms with E-state index in [1.807, 2.05) is 40.7 Å². The van der Waals surface area contributed by atoms with E-state index in [4.69, 9.17) is 29.4 Å². The lowest BCUT2D eigenvalue weighted by molar-refractivity contribution is -0.285. The minimum Gasteiger partial charge on any atom is -0.398 e. The van der Waals surface area contributed by atoms with Gasteiger partial charge in [-0.2, -0.15) is 0 Å². The Morgan fingerprint density at radius 2 is 1.68 bits per heavy atom. The van der Waals surface area contributed by atoms with Crippen molar-refractivity contribution in [3.63, 3.8) is 0 Å². The van der Waals surface area contributed by atoms with Gasteiger partial charge in [0.25, 0.3) is 0 Å². The fraction of sp³-hybridized carbons (Fsp3) is 0.739. The normalized spacial score (nSPS) is 20.0. The van der Waals surface area contributed by atoms with E-state index in [9.17, 15) is 5.11 Å². The van der Waals surface area contributed by atoms with Crippen LogP contribution in [0.3, 0.4) is 0 Å². The summed E-state index contributed by atoms with van der Waals surface area (Å²) in [6, 6.07) is 4.15. The van der Waals surface area contributed by atoms with Gasteiger partial charge in [-0.05, 0) is 63.8 Å². The molecule has 8 heteroatoms. The Kier molecular flexibility index (Phi) is 9.99. The molecule has 178 valence electrons. The fourth-order valence-electron chi connectivity index (χ4n) is 3.99. The molecule has 1 heterocycles. The van der Waals surface area contributed by atoms with Crippen LogP contribution in [0.15, 0.2) is 12.1 Å². The van der Waals surface area contributed by atoms with E-state index in [1.165, 1.54) is 0 Å². The summed E-state index contributed by atoms with van der Waals surface area (Å²) in [5.41, 5.74) is 10.3. The molecule has 1 aromatic rings. The first-order valence-electron chi connectivity index (χ1n) is 11.2. The fourth-order valence-corrected chi connectivity index (χ4v) is 3.99. The van der Waals surface area contributed by atoms with Crippen LogP contribution >= 0.6 is 0 Å². The maximum Gasteiger partial charge on any atom is 0.161 e. The average molecular weight is 441 g/mol. The molecule has 5 unspecified atom stereocenters. The van der Waals surface area contributed by atoms with Crippen molar-refractivity contribution >= 4 is 11.4 Å². The molecule has 1 aromatic carbocycles. The van der Waals surface area contributed by atoms with Gasteiger partial charge in [-0.25, -0.2) is 0 Å². The number of nitrogens with two attached hydrogens (primary N) is 1. The number of rotatable bonds is 13.